The van der Waals surface area contributed by atoms with Crippen LogP contribution in [0.1, 0.15) is 19.8 Å². The largest absolute Gasteiger partial charge is 0.381 e. The van der Waals surface area contributed by atoms with Crippen molar-refractivity contribution >= 4 is 5.84 Å². The average molecular weight is 242 g/mol. The third-order valence-electron chi connectivity index (χ3n) is 3.48. The smallest absolute Gasteiger partial charge is 0.129 e. The average Bonchev–Trinajstić information content (AvgIpc) is 2.40. The molecule has 2 fully saturated rings. The second-order valence-corrected chi connectivity index (χ2v) is 4.49. The maximum absolute atomic E-state index is 8.42. The predicted molar refractivity (Wildman–Crippen MR) is 64.5 cm³/mol. The van der Waals surface area contributed by atoms with Crippen LogP contribution in [0.3, 0.4) is 0 Å². The number of nitrogens with zero attached hydrogens (tertiary/aromatic N) is 1. The number of ether oxygens (including phenoxy) is 3. The van der Waals surface area contributed by atoms with Gasteiger partial charge in [-0.1, -0.05) is 0 Å². The Labute approximate surface area is 103 Å². The van der Waals surface area contributed by atoms with Crippen molar-refractivity contribution in [1.82, 2.24) is 4.90 Å². The second-order valence-electron chi connectivity index (χ2n) is 4.49. The Morgan fingerprint density at radius 2 is 1.76 bits per heavy atom. The van der Waals surface area contributed by atoms with Crippen molar-refractivity contribution in [3.8, 4) is 0 Å². The fraction of sp³-hybridized carbons (Fsp3) is 0.917. The molecule has 2 saturated heterocycles. The van der Waals surface area contributed by atoms with E-state index in [-0.39, 0.29) is 0 Å². The van der Waals surface area contributed by atoms with Crippen LogP contribution in [0.15, 0.2) is 0 Å². The molecule has 2 rings (SSSR count). The van der Waals surface area contributed by atoms with E-state index in [0.29, 0.717) is 38.9 Å². The van der Waals surface area contributed by atoms with Crippen LogP contribution in [0.5, 0.6) is 0 Å². The van der Waals surface area contributed by atoms with Crippen molar-refractivity contribution in [2.75, 3.05) is 46.1 Å². The van der Waals surface area contributed by atoms with Gasteiger partial charge in [0.1, 0.15) is 11.4 Å². The van der Waals surface area contributed by atoms with Crippen LogP contribution >= 0.6 is 0 Å². The van der Waals surface area contributed by atoms with E-state index in [0.717, 1.165) is 25.9 Å². The van der Waals surface area contributed by atoms with Gasteiger partial charge in [0.15, 0.2) is 0 Å². The third-order valence-corrected chi connectivity index (χ3v) is 3.48. The van der Waals surface area contributed by atoms with Gasteiger partial charge in [0.2, 0.25) is 0 Å². The summed E-state index contributed by atoms with van der Waals surface area (Å²) in [5.41, 5.74) is -0.426. The van der Waals surface area contributed by atoms with Crippen molar-refractivity contribution in [2.45, 2.75) is 25.4 Å². The quantitative estimate of drug-likeness (QED) is 0.589. The minimum absolute atomic E-state index is 0.426. The van der Waals surface area contributed by atoms with Crippen LogP contribution in [0.4, 0.5) is 0 Å². The van der Waals surface area contributed by atoms with E-state index in [9.17, 15) is 0 Å². The summed E-state index contributed by atoms with van der Waals surface area (Å²) in [6.45, 7) is 7.03. The molecule has 0 saturated carbocycles. The maximum Gasteiger partial charge on any atom is 0.129 e. The monoisotopic (exact) mass is 242 g/mol. The van der Waals surface area contributed by atoms with Gasteiger partial charge >= 0.3 is 0 Å². The Hall–Kier alpha value is -0.650. The first-order valence-electron chi connectivity index (χ1n) is 6.42. The fourth-order valence-corrected chi connectivity index (χ4v) is 2.50. The zero-order valence-corrected chi connectivity index (χ0v) is 10.5. The maximum atomic E-state index is 8.42. The van der Waals surface area contributed by atoms with Gasteiger partial charge in [-0.2, -0.15) is 0 Å². The summed E-state index contributed by atoms with van der Waals surface area (Å²) >= 11 is 0. The lowest BCUT2D eigenvalue weighted by Gasteiger charge is -2.42. The lowest BCUT2D eigenvalue weighted by molar-refractivity contribution is -0.0730. The Morgan fingerprint density at radius 1 is 1.18 bits per heavy atom. The molecule has 0 amide bonds. The lowest BCUT2D eigenvalue weighted by Crippen LogP contribution is -2.55. The van der Waals surface area contributed by atoms with E-state index in [2.05, 4.69) is 4.90 Å². The molecule has 0 aliphatic carbocycles. The highest BCUT2D eigenvalue weighted by molar-refractivity contribution is 5.88. The number of hydrogen-bond acceptors (Lipinski definition) is 4. The van der Waals surface area contributed by atoms with Crippen LogP contribution in [-0.4, -0.2) is 62.5 Å². The molecule has 0 bridgehead atoms. The minimum atomic E-state index is -0.426. The summed E-state index contributed by atoms with van der Waals surface area (Å²) < 4.78 is 16.6. The minimum Gasteiger partial charge on any atom is -0.381 e. The van der Waals surface area contributed by atoms with Crippen LogP contribution in [-0.2, 0) is 14.2 Å². The van der Waals surface area contributed by atoms with Gasteiger partial charge < -0.3 is 19.1 Å². The van der Waals surface area contributed by atoms with Crippen molar-refractivity contribution in [3.63, 3.8) is 0 Å². The SMILES string of the molecule is CCOC1(C(=N)N2CCOCC2)CCOCC1. The highest BCUT2D eigenvalue weighted by Gasteiger charge is 2.40. The van der Waals surface area contributed by atoms with Gasteiger partial charge in [-0.15, -0.1) is 0 Å². The molecule has 98 valence electrons. The molecule has 0 atom stereocenters. The summed E-state index contributed by atoms with van der Waals surface area (Å²) in [6, 6.07) is 0. The molecule has 0 aromatic rings. The van der Waals surface area contributed by atoms with Gasteiger partial charge in [0.05, 0.1) is 13.2 Å². The number of nitrogens with one attached hydrogen (secondary N) is 1. The topological polar surface area (TPSA) is 54.8 Å². The molecular formula is C12H22N2O3. The van der Waals surface area contributed by atoms with Gasteiger partial charge in [-0.3, -0.25) is 5.41 Å². The van der Waals surface area contributed by atoms with Crippen molar-refractivity contribution in [3.05, 3.63) is 0 Å². The molecule has 0 unspecified atom stereocenters. The molecule has 0 radical (unpaired) electrons. The Balaban J connectivity index is 2.05. The zero-order valence-electron chi connectivity index (χ0n) is 10.5. The Bertz CT molecular complexity index is 253. The first-order valence-corrected chi connectivity index (χ1v) is 6.42. The normalized spacial score (nSPS) is 24.6. The molecule has 5 nitrogen and oxygen atoms in total. The van der Waals surface area contributed by atoms with E-state index in [1.807, 2.05) is 6.92 Å². The molecule has 2 aliphatic heterocycles. The summed E-state index contributed by atoms with van der Waals surface area (Å²) in [6.07, 6.45) is 1.58. The molecule has 17 heavy (non-hydrogen) atoms. The van der Waals surface area contributed by atoms with E-state index in [4.69, 9.17) is 19.6 Å². The standard InChI is InChI=1S/C12H22N2O3/c1-2-17-12(3-7-15-8-4-12)11(13)14-5-9-16-10-6-14/h13H,2-10H2,1H3. The van der Waals surface area contributed by atoms with Crippen LogP contribution in [0.25, 0.3) is 0 Å². The van der Waals surface area contributed by atoms with Crippen molar-refractivity contribution < 1.29 is 14.2 Å². The predicted octanol–water partition coefficient (Wildman–Crippen LogP) is 0.882. The molecular weight excluding hydrogens is 220 g/mol. The van der Waals surface area contributed by atoms with Crippen molar-refractivity contribution in [1.29, 1.82) is 5.41 Å². The second kappa shape index (κ2) is 5.80. The number of morpholine rings is 1. The first-order chi connectivity index (χ1) is 8.28. The van der Waals surface area contributed by atoms with Crippen LogP contribution in [0, 0.1) is 5.41 Å². The molecule has 5 heteroatoms. The van der Waals surface area contributed by atoms with E-state index in [1.165, 1.54) is 0 Å². The van der Waals surface area contributed by atoms with Gasteiger partial charge in [0.25, 0.3) is 0 Å². The molecule has 0 spiro atoms. The van der Waals surface area contributed by atoms with E-state index in [1.54, 1.807) is 0 Å². The Kier molecular flexibility index (Phi) is 4.36. The van der Waals surface area contributed by atoms with Crippen LogP contribution in [0.2, 0.25) is 0 Å². The highest BCUT2D eigenvalue weighted by Crippen LogP contribution is 2.28. The number of amidine groups is 1. The van der Waals surface area contributed by atoms with Crippen molar-refractivity contribution in [2.24, 2.45) is 0 Å². The molecule has 0 aromatic heterocycles. The molecule has 0 aromatic carbocycles. The van der Waals surface area contributed by atoms with Gasteiger partial charge in [-0.25, -0.2) is 0 Å². The number of rotatable bonds is 3. The van der Waals surface area contributed by atoms with Gasteiger partial charge in [-0.05, 0) is 6.92 Å². The summed E-state index contributed by atoms with van der Waals surface area (Å²) in [5.74, 6) is 0.617. The number of hydrogen-bond donors (Lipinski definition) is 1. The summed E-state index contributed by atoms with van der Waals surface area (Å²) in [7, 11) is 0. The van der Waals surface area contributed by atoms with Crippen LogP contribution < -0.4 is 0 Å². The highest BCUT2D eigenvalue weighted by atomic mass is 16.5. The molecule has 2 aliphatic rings. The lowest BCUT2D eigenvalue weighted by atomic mass is 9.91. The Morgan fingerprint density at radius 3 is 2.35 bits per heavy atom. The van der Waals surface area contributed by atoms with E-state index < -0.39 is 5.60 Å². The summed E-state index contributed by atoms with van der Waals surface area (Å²) in [5, 5.41) is 8.42. The van der Waals surface area contributed by atoms with Gasteiger partial charge in [0, 0.05) is 45.8 Å². The first kappa shape index (κ1) is 12.8. The van der Waals surface area contributed by atoms with E-state index >= 15 is 0 Å². The third kappa shape index (κ3) is 2.78. The fourth-order valence-electron chi connectivity index (χ4n) is 2.50. The molecule has 2 heterocycles. The summed E-state index contributed by atoms with van der Waals surface area (Å²) in [4.78, 5) is 2.09. The molecule has 1 N–H and O–H groups in total. The zero-order chi connectivity index (χ0) is 12.1.